The Hall–Kier alpha value is -1.07. The van der Waals surface area contributed by atoms with Crippen LogP contribution in [0.15, 0.2) is 16.8 Å². The minimum atomic E-state index is -1.41. The number of aliphatic carboxylic acids is 2. The van der Waals surface area contributed by atoms with Crippen molar-refractivity contribution in [1.82, 2.24) is 10.2 Å². The van der Waals surface area contributed by atoms with E-state index in [2.05, 4.69) is 5.32 Å². The number of hydrogen-bond acceptors (Lipinski definition) is 7. The van der Waals surface area contributed by atoms with Crippen LogP contribution in [0, 0.1) is 0 Å². The topological polar surface area (TPSA) is 127 Å². The van der Waals surface area contributed by atoms with Crippen molar-refractivity contribution in [3.8, 4) is 0 Å². The molecule has 0 aromatic carbocycles. The second-order valence-electron chi connectivity index (χ2n) is 6.39. The standard InChI is InChI=1S/C15H16N2O6S2.Na/c1-15(2)9(14(22)23)17-11(19)8(12(17)25-15)16-10(18)7(13(20)21)6-3-4-24-5-6;/h3-5,7-9,12H,1-2H3,(H,16,18)(H,20,21)(H,22,23);/q;+1/p-1/t7?,8-,9+,12-;/m1./s1. The van der Waals surface area contributed by atoms with Crippen molar-refractivity contribution in [2.45, 2.75) is 42.0 Å². The van der Waals surface area contributed by atoms with Gasteiger partial charge in [0.25, 0.3) is 0 Å². The van der Waals surface area contributed by atoms with Gasteiger partial charge in [0.15, 0.2) is 5.92 Å². The molecule has 0 radical (unpaired) electrons. The van der Waals surface area contributed by atoms with E-state index in [0.29, 0.717) is 5.56 Å². The van der Waals surface area contributed by atoms with Crippen molar-refractivity contribution in [3.63, 3.8) is 0 Å². The van der Waals surface area contributed by atoms with Crippen LogP contribution < -0.4 is 40.0 Å². The first-order chi connectivity index (χ1) is 11.6. The molecule has 3 rings (SSSR count). The molecule has 0 spiro atoms. The van der Waals surface area contributed by atoms with Crippen molar-refractivity contribution >= 4 is 46.9 Å². The Labute approximate surface area is 179 Å². The number of carboxylic acid groups (broad SMARTS) is 2. The molecule has 0 aliphatic carbocycles. The number of fused-ring (bicyclic) bond motifs is 1. The molecular weight excluding hydrogens is 391 g/mol. The quantitative estimate of drug-likeness (QED) is 0.292. The molecule has 3 heterocycles. The molecular formula is C15H15N2NaO6S2. The molecule has 134 valence electrons. The van der Waals surface area contributed by atoms with Crippen LogP contribution in [0.2, 0.25) is 0 Å². The fourth-order valence-corrected chi connectivity index (χ4v) is 5.52. The van der Waals surface area contributed by atoms with Gasteiger partial charge in [0, 0.05) is 4.75 Å². The molecule has 1 unspecified atom stereocenters. The zero-order chi connectivity index (χ0) is 18.5. The molecule has 26 heavy (non-hydrogen) atoms. The number of thiophene rings is 1. The third kappa shape index (κ3) is 3.40. The fourth-order valence-electron chi connectivity index (χ4n) is 3.21. The molecule has 0 bridgehead atoms. The van der Waals surface area contributed by atoms with Crippen LogP contribution in [0.1, 0.15) is 25.3 Å². The Bertz CT molecular complexity index is 753. The summed E-state index contributed by atoms with van der Waals surface area (Å²) in [5.74, 6) is -5.41. The second-order valence-corrected chi connectivity index (χ2v) is 8.94. The Morgan fingerprint density at radius 1 is 1.38 bits per heavy atom. The van der Waals surface area contributed by atoms with Gasteiger partial charge in [-0.3, -0.25) is 14.4 Å². The van der Waals surface area contributed by atoms with Gasteiger partial charge in [0.05, 0.1) is 12.0 Å². The summed E-state index contributed by atoms with van der Waals surface area (Å²) in [5, 5.41) is 25.8. The van der Waals surface area contributed by atoms with Crippen LogP contribution in [0.5, 0.6) is 0 Å². The molecule has 4 atom stereocenters. The SMILES string of the molecule is CC1(C)S[C@@H]2[C@H](NC(=O)C(C(=O)O)c3ccsc3)C(=O)N2[C@H]1C(=O)[O-].[Na+]. The van der Waals surface area contributed by atoms with Crippen LogP contribution in [-0.2, 0) is 19.2 Å². The number of carboxylic acids is 2. The minimum absolute atomic E-state index is 0. The van der Waals surface area contributed by atoms with E-state index in [4.69, 9.17) is 0 Å². The first-order valence-corrected chi connectivity index (χ1v) is 9.23. The van der Waals surface area contributed by atoms with Gasteiger partial charge in [-0.2, -0.15) is 11.3 Å². The molecule has 11 heteroatoms. The van der Waals surface area contributed by atoms with Crippen molar-refractivity contribution in [2.24, 2.45) is 0 Å². The van der Waals surface area contributed by atoms with Crippen LogP contribution in [-0.4, -0.2) is 56.0 Å². The Morgan fingerprint density at radius 3 is 2.54 bits per heavy atom. The number of nitrogens with one attached hydrogen (secondary N) is 1. The monoisotopic (exact) mass is 406 g/mol. The van der Waals surface area contributed by atoms with Gasteiger partial charge >= 0.3 is 35.5 Å². The van der Waals surface area contributed by atoms with Gasteiger partial charge in [-0.15, -0.1) is 11.8 Å². The number of β-lactam (4-membered cyclic amide) rings is 1. The van der Waals surface area contributed by atoms with E-state index in [-0.39, 0.29) is 29.6 Å². The molecule has 2 aliphatic rings. The van der Waals surface area contributed by atoms with E-state index in [1.165, 1.54) is 34.1 Å². The summed E-state index contributed by atoms with van der Waals surface area (Å²) in [6, 6.07) is -0.491. The second kappa shape index (κ2) is 7.51. The van der Waals surface area contributed by atoms with E-state index in [9.17, 15) is 29.4 Å². The number of thioether (sulfide) groups is 1. The largest absolute Gasteiger partial charge is 1.00 e. The average molecular weight is 406 g/mol. The molecule has 2 N–H and O–H groups in total. The smallest absolute Gasteiger partial charge is 0.548 e. The molecule has 2 aliphatic heterocycles. The molecule has 8 nitrogen and oxygen atoms in total. The van der Waals surface area contributed by atoms with Gasteiger partial charge in [0.2, 0.25) is 11.8 Å². The average Bonchev–Trinajstić information content (AvgIpc) is 3.09. The maximum Gasteiger partial charge on any atom is 1.00 e. The zero-order valence-corrected chi connectivity index (χ0v) is 17.9. The van der Waals surface area contributed by atoms with Crippen LogP contribution in [0.25, 0.3) is 0 Å². The van der Waals surface area contributed by atoms with Crippen LogP contribution in [0.4, 0.5) is 0 Å². The summed E-state index contributed by atoms with van der Waals surface area (Å²) < 4.78 is -0.766. The van der Waals surface area contributed by atoms with Crippen molar-refractivity contribution < 1.29 is 58.9 Å². The summed E-state index contributed by atoms with van der Waals surface area (Å²) in [7, 11) is 0. The Kier molecular flexibility index (Phi) is 6.13. The van der Waals surface area contributed by atoms with Gasteiger partial charge in [-0.1, -0.05) is 0 Å². The molecule has 2 amide bonds. The summed E-state index contributed by atoms with van der Waals surface area (Å²) >= 11 is 2.52. The van der Waals surface area contributed by atoms with Crippen molar-refractivity contribution in [2.75, 3.05) is 0 Å². The number of nitrogens with zero attached hydrogens (tertiary/aromatic N) is 1. The number of rotatable bonds is 5. The van der Waals surface area contributed by atoms with E-state index < -0.39 is 51.9 Å². The maximum atomic E-state index is 12.4. The first-order valence-electron chi connectivity index (χ1n) is 7.41. The normalized spacial score (nSPS) is 26.9. The summed E-state index contributed by atoms with van der Waals surface area (Å²) in [5.41, 5.74) is 0.339. The van der Waals surface area contributed by atoms with E-state index in [0.717, 1.165) is 0 Å². The van der Waals surface area contributed by atoms with Crippen LogP contribution in [0.3, 0.4) is 0 Å². The van der Waals surface area contributed by atoms with Crippen molar-refractivity contribution in [3.05, 3.63) is 22.4 Å². The number of hydrogen-bond donors (Lipinski definition) is 2. The molecule has 2 fully saturated rings. The molecule has 1 aromatic rings. The maximum absolute atomic E-state index is 12.4. The Morgan fingerprint density at radius 2 is 2.04 bits per heavy atom. The number of carbonyl (C=O) groups is 4. The first kappa shape index (κ1) is 21.2. The van der Waals surface area contributed by atoms with Crippen LogP contribution >= 0.6 is 23.1 Å². The molecule has 2 saturated heterocycles. The number of amides is 2. The van der Waals surface area contributed by atoms with E-state index >= 15 is 0 Å². The van der Waals surface area contributed by atoms with Gasteiger partial charge < -0.3 is 25.2 Å². The third-order valence-electron chi connectivity index (χ3n) is 4.35. The fraction of sp³-hybridized carbons (Fsp3) is 0.467. The van der Waals surface area contributed by atoms with E-state index in [1.54, 1.807) is 24.6 Å². The van der Waals surface area contributed by atoms with Gasteiger partial charge in [-0.25, -0.2) is 0 Å². The zero-order valence-electron chi connectivity index (χ0n) is 14.3. The van der Waals surface area contributed by atoms with Gasteiger partial charge in [-0.05, 0) is 36.2 Å². The summed E-state index contributed by atoms with van der Waals surface area (Å²) in [6.45, 7) is 3.38. The predicted molar refractivity (Wildman–Crippen MR) is 87.7 cm³/mol. The molecule has 1 aromatic heterocycles. The number of carbonyl (C=O) groups excluding carboxylic acids is 3. The van der Waals surface area contributed by atoms with E-state index in [1.807, 2.05) is 0 Å². The Balaban J connectivity index is 0.00000243. The van der Waals surface area contributed by atoms with Crippen molar-refractivity contribution in [1.29, 1.82) is 0 Å². The molecule has 0 saturated carbocycles. The third-order valence-corrected chi connectivity index (χ3v) is 6.62. The summed E-state index contributed by atoms with van der Waals surface area (Å²) in [4.78, 5) is 48.7. The minimum Gasteiger partial charge on any atom is -0.548 e. The predicted octanol–water partition coefficient (Wildman–Crippen LogP) is -3.78. The summed E-state index contributed by atoms with van der Waals surface area (Å²) in [6.07, 6.45) is 0. The van der Waals surface area contributed by atoms with Gasteiger partial charge in [0.1, 0.15) is 11.4 Å².